The number of benzene rings is 1. The average Bonchev–Trinajstić information content (AvgIpc) is 2.54. The van der Waals surface area contributed by atoms with Gasteiger partial charge in [-0.3, -0.25) is 14.5 Å². The van der Waals surface area contributed by atoms with Gasteiger partial charge < -0.3 is 15.0 Å². The summed E-state index contributed by atoms with van der Waals surface area (Å²) < 4.78 is 5.72. The lowest BCUT2D eigenvalue weighted by atomic mass is 10.1. The fourth-order valence-electron chi connectivity index (χ4n) is 3.14. The molecule has 0 aliphatic carbocycles. The highest BCUT2D eigenvalue weighted by molar-refractivity contribution is 5.95. The number of carbonyl (C=O) groups is 2. The first-order valence-electron chi connectivity index (χ1n) is 8.77. The molecule has 1 N–H and O–H groups in total. The van der Waals surface area contributed by atoms with E-state index in [2.05, 4.69) is 10.2 Å². The topological polar surface area (TPSA) is 61.9 Å². The lowest BCUT2D eigenvalue weighted by Gasteiger charge is -2.39. The Morgan fingerprint density at radius 3 is 2.36 bits per heavy atom. The molecule has 2 rings (SSSR count). The Labute approximate surface area is 150 Å². The van der Waals surface area contributed by atoms with Crippen molar-refractivity contribution in [2.75, 3.05) is 32.0 Å². The Morgan fingerprint density at radius 1 is 1.24 bits per heavy atom. The Kier molecular flexibility index (Phi) is 6.56. The number of morpholine rings is 1. The Balaban J connectivity index is 1.88. The predicted molar refractivity (Wildman–Crippen MR) is 98.5 cm³/mol. The van der Waals surface area contributed by atoms with Crippen molar-refractivity contribution >= 4 is 17.5 Å². The van der Waals surface area contributed by atoms with E-state index in [0.29, 0.717) is 0 Å². The molecule has 1 heterocycles. The number of likely N-dealkylation sites (N-methyl/N-ethyl adjacent to an activating group) is 1. The van der Waals surface area contributed by atoms with E-state index >= 15 is 0 Å². The summed E-state index contributed by atoms with van der Waals surface area (Å²) in [7, 11) is 1.67. The molecule has 0 spiro atoms. The Hall–Kier alpha value is -1.92. The third kappa shape index (κ3) is 5.54. The van der Waals surface area contributed by atoms with E-state index < -0.39 is 0 Å². The molecule has 3 atom stereocenters. The average molecular weight is 347 g/mol. The van der Waals surface area contributed by atoms with Crippen molar-refractivity contribution < 1.29 is 14.3 Å². The van der Waals surface area contributed by atoms with Crippen molar-refractivity contribution in [2.24, 2.45) is 0 Å². The molecule has 6 nitrogen and oxygen atoms in total. The Morgan fingerprint density at radius 2 is 1.80 bits per heavy atom. The summed E-state index contributed by atoms with van der Waals surface area (Å²) in [5.41, 5.74) is 1.87. The number of ether oxygens (including phenoxy) is 1. The van der Waals surface area contributed by atoms with Crippen LogP contribution in [0.5, 0.6) is 0 Å². The van der Waals surface area contributed by atoms with Crippen LogP contribution in [0.1, 0.15) is 26.3 Å². The standard InChI is InChI=1S/C19H29N3O3/c1-13-6-8-17(9-7-13)20-18(23)12-21(5)19(24)16(4)22-10-14(2)25-15(3)11-22/h6-9,14-16H,10-12H2,1-5H3,(H,20,23)/t14-,15-,16-/m1/s1. The lowest BCUT2D eigenvalue weighted by Crippen LogP contribution is -2.54. The second-order valence-electron chi connectivity index (χ2n) is 7.00. The number of amides is 2. The monoisotopic (exact) mass is 347 g/mol. The van der Waals surface area contributed by atoms with Crippen LogP contribution in [-0.4, -0.2) is 66.5 Å². The number of aryl methyl sites for hydroxylation is 1. The zero-order valence-electron chi connectivity index (χ0n) is 15.8. The third-order valence-electron chi connectivity index (χ3n) is 4.45. The van der Waals surface area contributed by atoms with E-state index in [1.807, 2.05) is 52.0 Å². The van der Waals surface area contributed by atoms with Crippen LogP contribution in [0.2, 0.25) is 0 Å². The summed E-state index contributed by atoms with van der Waals surface area (Å²) in [5.74, 6) is -0.254. The summed E-state index contributed by atoms with van der Waals surface area (Å²) in [4.78, 5) is 28.4. The quantitative estimate of drug-likeness (QED) is 0.884. The molecule has 0 unspecified atom stereocenters. The van der Waals surface area contributed by atoms with Crippen LogP contribution in [0.3, 0.4) is 0 Å². The zero-order valence-corrected chi connectivity index (χ0v) is 15.8. The van der Waals surface area contributed by atoms with Crippen LogP contribution in [0.15, 0.2) is 24.3 Å². The van der Waals surface area contributed by atoms with Crippen molar-refractivity contribution in [3.63, 3.8) is 0 Å². The minimum atomic E-state index is -0.272. The molecule has 0 bridgehead atoms. The maximum absolute atomic E-state index is 12.7. The van der Waals surface area contributed by atoms with Crippen LogP contribution < -0.4 is 5.32 Å². The van der Waals surface area contributed by atoms with Gasteiger partial charge in [0.15, 0.2) is 0 Å². The maximum Gasteiger partial charge on any atom is 0.243 e. The fraction of sp³-hybridized carbons (Fsp3) is 0.579. The highest BCUT2D eigenvalue weighted by Crippen LogP contribution is 2.15. The maximum atomic E-state index is 12.7. The molecular formula is C19H29N3O3. The van der Waals surface area contributed by atoms with Gasteiger partial charge in [0, 0.05) is 25.8 Å². The number of hydrogen-bond donors (Lipinski definition) is 1. The largest absolute Gasteiger partial charge is 0.373 e. The molecule has 0 aromatic heterocycles. The van der Waals surface area contributed by atoms with Crippen molar-refractivity contribution in [1.82, 2.24) is 9.80 Å². The first-order valence-corrected chi connectivity index (χ1v) is 8.77. The molecule has 1 aliphatic rings. The van der Waals surface area contributed by atoms with Crippen LogP contribution in [0.25, 0.3) is 0 Å². The van der Waals surface area contributed by atoms with Crippen molar-refractivity contribution in [2.45, 2.75) is 45.9 Å². The molecule has 1 aromatic carbocycles. The van der Waals surface area contributed by atoms with Gasteiger partial charge in [0.05, 0.1) is 24.8 Å². The van der Waals surface area contributed by atoms with Gasteiger partial charge in [0.1, 0.15) is 0 Å². The molecule has 1 aliphatic heterocycles. The zero-order chi connectivity index (χ0) is 18.6. The van der Waals surface area contributed by atoms with E-state index in [4.69, 9.17) is 4.74 Å². The van der Waals surface area contributed by atoms with Gasteiger partial charge in [-0.1, -0.05) is 17.7 Å². The molecular weight excluding hydrogens is 318 g/mol. The normalized spacial score (nSPS) is 22.3. The van der Waals surface area contributed by atoms with Crippen molar-refractivity contribution in [3.05, 3.63) is 29.8 Å². The summed E-state index contributed by atoms with van der Waals surface area (Å²) >= 11 is 0. The van der Waals surface area contributed by atoms with Gasteiger partial charge in [-0.15, -0.1) is 0 Å². The van der Waals surface area contributed by atoms with Crippen LogP contribution in [-0.2, 0) is 14.3 Å². The first-order chi connectivity index (χ1) is 11.8. The number of anilines is 1. The van der Waals surface area contributed by atoms with E-state index in [1.165, 1.54) is 4.90 Å². The molecule has 6 heteroatoms. The van der Waals surface area contributed by atoms with Gasteiger partial charge in [0.2, 0.25) is 11.8 Å². The minimum Gasteiger partial charge on any atom is -0.373 e. The molecule has 138 valence electrons. The summed E-state index contributed by atoms with van der Waals surface area (Å²) in [5, 5.41) is 2.82. The SMILES string of the molecule is Cc1ccc(NC(=O)CN(C)C(=O)[C@@H](C)N2C[C@@H](C)O[C@H](C)C2)cc1. The van der Waals surface area contributed by atoms with Crippen LogP contribution in [0.4, 0.5) is 5.69 Å². The Bertz CT molecular complexity index is 592. The number of carbonyl (C=O) groups excluding carboxylic acids is 2. The molecule has 0 radical (unpaired) electrons. The second-order valence-corrected chi connectivity index (χ2v) is 7.00. The molecule has 1 saturated heterocycles. The summed E-state index contributed by atoms with van der Waals surface area (Å²) in [6.45, 7) is 9.39. The van der Waals surface area contributed by atoms with Gasteiger partial charge in [-0.25, -0.2) is 0 Å². The van der Waals surface area contributed by atoms with Crippen molar-refractivity contribution in [3.8, 4) is 0 Å². The summed E-state index contributed by atoms with van der Waals surface area (Å²) in [6.07, 6.45) is 0.211. The molecule has 25 heavy (non-hydrogen) atoms. The van der Waals surface area contributed by atoms with Crippen molar-refractivity contribution in [1.29, 1.82) is 0 Å². The van der Waals surface area contributed by atoms with E-state index in [0.717, 1.165) is 24.3 Å². The number of nitrogens with one attached hydrogen (secondary N) is 1. The van der Waals surface area contributed by atoms with Gasteiger partial charge in [0.25, 0.3) is 0 Å². The van der Waals surface area contributed by atoms with Gasteiger partial charge in [-0.2, -0.15) is 0 Å². The highest BCUT2D eigenvalue weighted by Gasteiger charge is 2.31. The fourth-order valence-corrected chi connectivity index (χ4v) is 3.14. The smallest absolute Gasteiger partial charge is 0.243 e. The lowest BCUT2D eigenvalue weighted by molar-refractivity contribution is -0.142. The van der Waals surface area contributed by atoms with E-state index in [9.17, 15) is 9.59 Å². The highest BCUT2D eigenvalue weighted by atomic mass is 16.5. The van der Waals surface area contributed by atoms with Gasteiger partial charge >= 0.3 is 0 Å². The second kappa shape index (κ2) is 8.45. The first kappa shape index (κ1) is 19.4. The van der Waals surface area contributed by atoms with E-state index in [-0.39, 0.29) is 36.6 Å². The minimum absolute atomic E-state index is 0.0342. The number of rotatable bonds is 5. The third-order valence-corrected chi connectivity index (χ3v) is 4.45. The molecule has 0 saturated carbocycles. The van der Waals surface area contributed by atoms with Crippen LogP contribution in [0, 0.1) is 6.92 Å². The summed E-state index contributed by atoms with van der Waals surface area (Å²) in [6, 6.07) is 7.31. The number of hydrogen-bond acceptors (Lipinski definition) is 4. The molecule has 1 aromatic rings. The predicted octanol–water partition coefficient (Wildman–Crippen LogP) is 1.89. The molecule has 1 fully saturated rings. The van der Waals surface area contributed by atoms with E-state index in [1.54, 1.807) is 7.05 Å². The van der Waals surface area contributed by atoms with Gasteiger partial charge in [-0.05, 0) is 39.8 Å². The molecule has 2 amide bonds. The van der Waals surface area contributed by atoms with Crippen LogP contribution >= 0.6 is 0 Å². The number of nitrogens with zero attached hydrogens (tertiary/aromatic N) is 2.